The number of fused-ring (bicyclic) bond motifs is 1. The van der Waals surface area contributed by atoms with E-state index in [0.29, 0.717) is 6.54 Å². The SMILES string of the molecule is O=C(NCCCn1ccc2ccccc21)c1ccccc1[N+](=O)[O-]. The molecule has 0 atom stereocenters. The number of nitro groups is 1. The summed E-state index contributed by atoms with van der Waals surface area (Å²) in [5, 5.41) is 14.9. The third-order valence-electron chi connectivity index (χ3n) is 3.89. The van der Waals surface area contributed by atoms with Gasteiger partial charge in [-0.3, -0.25) is 14.9 Å². The van der Waals surface area contributed by atoms with E-state index in [0.717, 1.165) is 18.5 Å². The third-order valence-corrected chi connectivity index (χ3v) is 3.89. The van der Waals surface area contributed by atoms with Crippen LogP contribution in [0, 0.1) is 10.1 Å². The number of hydrogen-bond acceptors (Lipinski definition) is 3. The number of aromatic nitrogens is 1. The standard InChI is InChI=1S/C18H17N3O3/c22-18(15-7-2-4-9-17(15)21(23)24)19-11-5-12-20-13-10-14-6-1-3-8-16(14)20/h1-4,6-10,13H,5,11-12H2,(H,19,22). The third kappa shape index (κ3) is 3.27. The predicted molar refractivity (Wildman–Crippen MR) is 92.0 cm³/mol. The molecule has 1 aromatic heterocycles. The Morgan fingerprint density at radius 3 is 2.67 bits per heavy atom. The molecule has 6 nitrogen and oxygen atoms in total. The van der Waals surface area contributed by atoms with Gasteiger partial charge in [-0.25, -0.2) is 0 Å². The van der Waals surface area contributed by atoms with Crippen molar-refractivity contribution in [1.29, 1.82) is 0 Å². The largest absolute Gasteiger partial charge is 0.352 e. The summed E-state index contributed by atoms with van der Waals surface area (Å²) in [6.07, 6.45) is 2.76. The summed E-state index contributed by atoms with van der Waals surface area (Å²) in [6, 6.07) is 16.1. The maximum Gasteiger partial charge on any atom is 0.282 e. The van der Waals surface area contributed by atoms with Crippen LogP contribution in [0.1, 0.15) is 16.8 Å². The van der Waals surface area contributed by atoms with E-state index in [-0.39, 0.29) is 11.3 Å². The fourth-order valence-corrected chi connectivity index (χ4v) is 2.71. The van der Waals surface area contributed by atoms with Crippen molar-refractivity contribution in [3.05, 3.63) is 76.5 Å². The first-order valence-corrected chi connectivity index (χ1v) is 7.72. The summed E-state index contributed by atoms with van der Waals surface area (Å²) in [4.78, 5) is 22.5. The first kappa shape index (κ1) is 15.7. The molecule has 24 heavy (non-hydrogen) atoms. The number of hydrogen-bond donors (Lipinski definition) is 1. The Hall–Kier alpha value is -3.15. The number of nitrogens with zero attached hydrogens (tertiary/aromatic N) is 2. The molecule has 1 heterocycles. The first-order valence-electron chi connectivity index (χ1n) is 7.72. The quantitative estimate of drug-likeness (QED) is 0.429. The maximum absolute atomic E-state index is 12.1. The number of para-hydroxylation sites is 2. The number of benzene rings is 2. The van der Waals surface area contributed by atoms with Crippen molar-refractivity contribution in [3.63, 3.8) is 0 Å². The summed E-state index contributed by atoms with van der Waals surface area (Å²) >= 11 is 0. The van der Waals surface area contributed by atoms with Crippen LogP contribution in [-0.4, -0.2) is 21.9 Å². The van der Waals surface area contributed by atoms with Gasteiger partial charge in [0, 0.05) is 30.9 Å². The number of carbonyl (C=O) groups excluding carboxylic acids is 1. The molecule has 0 fully saturated rings. The van der Waals surface area contributed by atoms with Gasteiger partial charge in [0.1, 0.15) is 5.56 Å². The van der Waals surface area contributed by atoms with E-state index in [1.165, 1.54) is 17.5 Å². The first-order chi connectivity index (χ1) is 11.7. The minimum atomic E-state index is -0.541. The Balaban J connectivity index is 1.57. The van der Waals surface area contributed by atoms with E-state index in [9.17, 15) is 14.9 Å². The number of nitro benzene ring substituents is 1. The molecule has 122 valence electrons. The van der Waals surface area contributed by atoms with E-state index in [2.05, 4.69) is 28.1 Å². The van der Waals surface area contributed by atoms with Gasteiger partial charge in [0.2, 0.25) is 0 Å². The van der Waals surface area contributed by atoms with Gasteiger partial charge in [0.15, 0.2) is 0 Å². The molecule has 3 rings (SSSR count). The Bertz CT molecular complexity index is 886. The van der Waals surface area contributed by atoms with Crippen LogP contribution in [0.15, 0.2) is 60.8 Å². The molecule has 0 unspecified atom stereocenters. The molecule has 1 N–H and O–H groups in total. The van der Waals surface area contributed by atoms with Gasteiger partial charge in [-0.2, -0.15) is 0 Å². The molecule has 0 bridgehead atoms. The van der Waals surface area contributed by atoms with Crippen LogP contribution in [0.4, 0.5) is 5.69 Å². The highest BCUT2D eigenvalue weighted by Crippen LogP contribution is 2.17. The molecule has 6 heteroatoms. The molecule has 1 amide bonds. The normalized spacial score (nSPS) is 10.7. The molecule has 0 saturated heterocycles. The average Bonchev–Trinajstić information content (AvgIpc) is 3.01. The van der Waals surface area contributed by atoms with Gasteiger partial charge >= 0.3 is 0 Å². The van der Waals surface area contributed by atoms with Crippen LogP contribution in [0.3, 0.4) is 0 Å². The highest BCUT2D eigenvalue weighted by molar-refractivity contribution is 5.98. The van der Waals surface area contributed by atoms with E-state index in [1.54, 1.807) is 12.1 Å². The van der Waals surface area contributed by atoms with Crippen LogP contribution >= 0.6 is 0 Å². The lowest BCUT2D eigenvalue weighted by atomic mass is 10.1. The highest BCUT2D eigenvalue weighted by atomic mass is 16.6. The number of amides is 1. The minimum absolute atomic E-state index is 0.0916. The van der Waals surface area contributed by atoms with E-state index in [4.69, 9.17) is 0 Å². The summed E-state index contributed by atoms with van der Waals surface area (Å²) in [7, 11) is 0. The van der Waals surface area contributed by atoms with Crippen molar-refractivity contribution in [1.82, 2.24) is 9.88 Å². The maximum atomic E-state index is 12.1. The van der Waals surface area contributed by atoms with Crippen LogP contribution in [0.2, 0.25) is 0 Å². The molecule has 3 aromatic rings. The molecule has 0 saturated carbocycles. The van der Waals surface area contributed by atoms with E-state index in [1.807, 2.05) is 18.3 Å². The Labute approximate surface area is 138 Å². The number of aryl methyl sites for hydroxylation is 1. The molecule has 0 spiro atoms. The van der Waals surface area contributed by atoms with Gasteiger partial charge in [-0.15, -0.1) is 0 Å². The van der Waals surface area contributed by atoms with Crippen LogP contribution in [0.25, 0.3) is 10.9 Å². The van der Waals surface area contributed by atoms with Crippen LogP contribution in [-0.2, 0) is 6.54 Å². The molecule has 0 aliphatic rings. The number of nitrogens with one attached hydrogen (secondary N) is 1. The fraction of sp³-hybridized carbons (Fsp3) is 0.167. The van der Waals surface area contributed by atoms with Crippen molar-refractivity contribution in [2.75, 3.05) is 6.54 Å². The monoisotopic (exact) mass is 323 g/mol. The van der Waals surface area contributed by atoms with E-state index >= 15 is 0 Å². The Kier molecular flexibility index (Phi) is 4.56. The Morgan fingerprint density at radius 1 is 1.08 bits per heavy atom. The highest BCUT2D eigenvalue weighted by Gasteiger charge is 2.18. The Morgan fingerprint density at radius 2 is 1.83 bits per heavy atom. The average molecular weight is 323 g/mol. The summed E-state index contributed by atoms with van der Waals surface area (Å²) in [5.41, 5.74) is 1.07. The topological polar surface area (TPSA) is 77.2 Å². The van der Waals surface area contributed by atoms with Crippen molar-refractivity contribution >= 4 is 22.5 Å². The predicted octanol–water partition coefficient (Wildman–Crippen LogP) is 3.37. The molecule has 0 radical (unpaired) electrons. The second kappa shape index (κ2) is 6.95. The second-order valence-electron chi connectivity index (χ2n) is 5.45. The molecule has 2 aromatic carbocycles. The lowest BCUT2D eigenvalue weighted by Gasteiger charge is -2.07. The molecular formula is C18H17N3O3. The summed E-state index contributed by atoms with van der Waals surface area (Å²) < 4.78 is 2.13. The van der Waals surface area contributed by atoms with Crippen molar-refractivity contribution in [2.24, 2.45) is 0 Å². The summed E-state index contributed by atoms with van der Waals surface area (Å²) in [5.74, 6) is -0.417. The van der Waals surface area contributed by atoms with Gasteiger partial charge in [0.25, 0.3) is 11.6 Å². The molecular weight excluding hydrogens is 306 g/mol. The smallest absolute Gasteiger partial charge is 0.282 e. The van der Waals surface area contributed by atoms with Crippen molar-refractivity contribution in [2.45, 2.75) is 13.0 Å². The lowest BCUT2D eigenvalue weighted by molar-refractivity contribution is -0.385. The van der Waals surface area contributed by atoms with Crippen molar-refractivity contribution < 1.29 is 9.72 Å². The minimum Gasteiger partial charge on any atom is -0.352 e. The van der Waals surface area contributed by atoms with Gasteiger partial charge in [0.05, 0.1) is 4.92 Å². The zero-order chi connectivity index (χ0) is 16.9. The van der Waals surface area contributed by atoms with Gasteiger partial charge in [-0.1, -0.05) is 30.3 Å². The number of rotatable bonds is 6. The second-order valence-corrected chi connectivity index (χ2v) is 5.45. The summed E-state index contributed by atoms with van der Waals surface area (Å²) in [6.45, 7) is 1.22. The van der Waals surface area contributed by atoms with Crippen molar-refractivity contribution in [3.8, 4) is 0 Å². The zero-order valence-electron chi connectivity index (χ0n) is 13.0. The van der Waals surface area contributed by atoms with Gasteiger partial charge < -0.3 is 9.88 Å². The zero-order valence-corrected chi connectivity index (χ0v) is 13.0. The van der Waals surface area contributed by atoms with E-state index < -0.39 is 10.8 Å². The molecule has 0 aliphatic carbocycles. The fourth-order valence-electron chi connectivity index (χ4n) is 2.71. The lowest BCUT2D eigenvalue weighted by Crippen LogP contribution is -2.25. The molecule has 0 aliphatic heterocycles. The van der Waals surface area contributed by atoms with Gasteiger partial charge in [-0.05, 0) is 30.0 Å². The van der Waals surface area contributed by atoms with Crippen LogP contribution < -0.4 is 5.32 Å². The van der Waals surface area contributed by atoms with Crippen LogP contribution in [0.5, 0.6) is 0 Å². The number of carbonyl (C=O) groups is 1.